The molecule has 2 unspecified atom stereocenters. The van der Waals surface area contributed by atoms with Gasteiger partial charge in [0.2, 0.25) is 0 Å². The molecule has 0 heterocycles. The van der Waals surface area contributed by atoms with E-state index >= 15 is 0 Å². The average molecular weight is 1100 g/mol. The summed E-state index contributed by atoms with van der Waals surface area (Å²) in [6, 6.07) is 0. The number of carbonyl (C=O) groups is 2. The van der Waals surface area contributed by atoms with Crippen molar-refractivity contribution in [1.29, 1.82) is 0 Å². The van der Waals surface area contributed by atoms with Gasteiger partial charge in [0.1, 0.15) is 12.2 Å². The van der Waals surface area contributed by atoms with Gasteiger partial charge in [0.25, 0.3) is 0 Å². The van der Waals surface area contributed by atoms with Crippen LogP contribution in [-0.4, -0.2) is 24.1 Å². The summed E-state index contributed by atoms with van der Waals surface area (Å²) in [4.78, 5) is 26.0. The highest BCUT2D eigenvalue weighted by Gasteiger charge is 2.61. The number of esters is 2. The van der Waals surface area contributed by atoms with Gasteiger partial charge >= 0.3 is 11.9 Å². The van der Waals surface area contributed by atoms with Gasteiger partial charge in [-0.15, -0.1) is 0 Å². The number of allylic oxidation sites excluding steroid dienone is 2. The molecule has 0 saturated heterocycles. The molecule has 450 valence electrons. The van der Waals surface area contributed by atoms with Crippen LogP contribution in [0.15, 0.2) is 23.3 Å². The maximum absolute atomic E-state index is 13.0. The molecular weight excluding hydrogens is 977 g/mol. The van der Waals surface area contributed by atoms with Crippen molar-refractivity contribution in [3.8, 4) is 23.7 Å². The number of carbonyl (C=O) groups excluding carboxylic acids is 2. The smallest absolute Gasteiger partial charge is 0.306 e. The molecule has 4 heteroatoms. The first kappa shape index (κ1) is 63.6. The van der Waals surface area contributed by atoms with Crippen LogP contribution in [0.5, 0.6) is 0 Å². The van der Waals surface area contributed by atoms with Gasteiger partial charge in [0.15, 0.2) is 0 Å². The average Bonchev–Trinajstić information content (AvgIpc) is 4.16. The fourth-order valence-corrected chi connectivity index (χ4v) is 20.6. The number of fused-ring (bicyclic) bond motifs is 10. The van der Waals surface area contributed by atoms with Crippen LogP contribution in [0.1, 0.15) is 313 Å². The van der Waals surface area contributed by atoms with Crippen LogP contribution in [-0.2, 0) is 19.1 Å². The highest BCUT2D eigenvalue weighted by molar-refractivity contribution is 5.70. The lowest BCUT2D eigenvalue weighted by Crippen LogP contribution is -2.51. The molecule has 4 nitrogen and oxygen atoms in total. The molecule has 0 spiro atoms. The lowest BCUT2D eigenvalue weighted by atomic mass is 9.47. The van der Waals surface area contributed by atoms with Gasteiger partial charge in [-0.25, -0.2) is 0 Å². The standard InChI is InChI=1S/C76H122O4/c1-55(2)31-29-33-57(5)65-41-43-67-63-39-37-59-53-61(45-49-73(59,7)69(63)47-51-75(65,67)9)79-71(77)35-27-25-23-21-19-17-15-13-11-12-14-16-18-20-22-24-26-28-36-72(78)80-62-46-50-74(8)60(54-62)38-40-64-68-44-42-66(58(6)34-30-32-56(3)4)76(68,10)52-48-70(64)74/h37-38,55-58,61-70H,13,15,17-36,39-54H2,1-10H3/t57-,58-,61?,62?,63+,64+,65-,66-,67+,68+,69+,70+,73+,74+,75-,76-/m1/s1. The van der Waals surface area contributed by atoms with E-state index in [1.54, 1.807) is 11.1 Å². The second kappa shape index (κ2) is 29.6. The van der Waals surface area contributed by atoms with E-state index in [4.69, 9.17) is 9.47 Å². The van der Waals surface area contributed by atoms with Crippen molar-refractivity contribution in [1.82, 2.24) is 0 Å². The maximum Gasteiger partial charge on any atom is 0.306 e. The van der Waals surface area contributed by atoms with E-state index in [0.717, 1.165) is 161 Å². The van der Waals surface area contributed by atoms with E-state index < -0.39 is 0 Å². The van der Waals surface area contributed by atoms with Gasteiger partial charge in [-0.2, -0.15) is 0 Å². The van der Waals surface area contributed by atoms with E-state index in [1.165, 1.54) is 141 Å². The summed E-state index contributed by atoms with van der Waals surface area (Å²) in [5.74, 6) is 23.1. The topological polar surface area (TPSA) is 52.6 Å². The summed E-state index contributed by atoms with van der Waals surface area (Å²) in [5, 5.41) is 0. The quantitative estimate of drug-likeness (QED) is 0.0339. The van der Waals surface area contributed by atoms with Crippen molar-refractivity contribution in [3.63, 3.8) is 0 Å². The van der Waals surface area contributed by atoms with Gasteiger partial charge in [0, 0.05) is 38.5 Å². The van der Waals surface area contributed by atoms with Crippen molar-refractivity contribution in [2.75, 3.05) is 0 Å². The zero-order valence-corrected chi connectivity index (χ0v) is 53.7. The molecule has 0 aromatic heterocycles. The lowest BCUT2D eigenvalue weighted by Gasteiger charge is -2.58. The monoisotopic (exact) mass is 1100 g/mol. The molecule has 8 aliphatic rings. The minimum absolute atomic E-state index is 0.0208. The third kappa shape index (κ3) is 15.5. The van der Waals surface area contributed by atoms with Crippen LogP contribution in [0.3, 0.4) is 0 Å². The van der Waals surface area contributed by atoms with E-state index in [2.05, 4.69) is 105 Å². The minimum atomic E-state index is 0.0208. The second-order valence-corrected chi connectivity index (χ2v) is 31.1. The van der Waals surface area contributed by atoms with Crippen LogP contribution in [0, 0.1) is 116 Å². The molecule has 0 amide bonds. The molecule has 6 saturated carbocycles. The van der Waals surface area contributed by atoms with Crippen LogP contribution >= 0.6 is 0 Å². The Hall–Kier alpha value is -2.46. The molecular formula is C76H122O4. The Labute approximate surface area is 493 Å². The highest BCUT2D eigenvalue weighted by atomic mass is 16.5. The Kier molecular flexibility index (Phi) is 23.5. The number of hydrogen-bond acceptors (Lipinski definition) is 4. The molecule has 0 aromatic carbocycles. The summed E-state index contributed by atoms with van der Waals surface area (Å²) in [5.41, 5.74) is 4.92. The Bertz CT molecular complexity index is 2170. The van der Waals surface area contributed by atoms with E-state index in [9.17, 15) is 9.59 Å². The van der Waals surface area contributed by atoms with Gasteiger partial charge in [0.05, 0.1) is 0 Å². The third-order valence-electron chi connectivity index (χ3n) is 25.2. The number of hydrogen-bond donors (Lipinski definition) is 0. The van der Waals surface area contributed by atoms with Crippen molar-refractivity contribution in [3.05, 3.63) is 23.3 Å². The molecule has 8 aliphatic carbocycles. The summed E-state index contributed by atoms with van der Waals surface area (Å²) in [7, 11) is 0. The predicted octanol–water partition coefficient (Wildman–Crippen LogP) is 21.1. The van der Waals surface area contributed by atoms with Gasteiger partial charge in [-0.1, -0.05) is 194 Å². The molecule has 0 bridgehead atoms. The number of ether oxygens (including phenoxy) is 2. The second-order valence-electron chi connectivity index (χ2n) is 31.1. The Morgan fingerprint density at radius 3 is 1.25 bits per heavy atom. The molecule has 80 heavy (non-hydrogen) atoms. The Balaban J connectivity index is 0.600. The molecule has 0 N–H and O–H groups in total. The van der Waals surface area contributed by atoms with E-state index in [-0.39, 0.29) is 24.1 Å². The van der Waals surface area contributed by atoms with Crippen molar-refractivity contribution >= 4 is 11.9 Å². The summed E-state index contributed by atoms with van der Waals surface area (Å²) < 4.78 is 12.3. The fourth-order valence-electron chi connectivity index (χ4n) is 20.6. The minimum Gasteiger partial charge on any atom is -0.462 e. The first-order valence-electron chi connectivity index (χ1n) is 35.2. The van der Waals surface area contributed by atoms with Crippen molar-refractivity contribution < 1.29 is 19.1 Å². The SMILES string of the molecule is CC(C)CCC[C@@H](C)[C@H]1CC[C@H]2[C@@H]3CC=C4CC(OC(=O)CCCCCCCC#CC#CCCCCCCCCCC(=O)OC5CC[C@@]6(C)C(=CC[C@H]7[C@@H]8CC[C@H]([C@H](C)CCCC(C)C)[C@@]8(C)CC[C@@H]76)C5)CC[C@]4(C)[C@H]3CC[C@]12C. The lowest BCUT2D eigenvalue weighted by molar-refractivity contribution is -0.152. The summed E-state index contributed by atoms with van der Waals surface area (Å²) in [6.45, 7) is 25.3. The van der Waals surface area contributed by atoms with Crippen LogP contribution in [0.25, 0.3) is 0 Å². The molecule has 0 radical (unpaired) electrons. The van der Waals surface area contributed by atoms with Gasteiger partial charge in [-0.3, -0.25) is 9.59 Å². The number of unbranched alkanes of at least 4 members (excludes halogenated alkanes) is 12. The molecule has 6 fully saturated rings. The van der Waals surface area contributed by atoms with E-state index in [1.807, 2.05) is 0 Å². The molecule has 16 atom stereocenters. The van der Waals surface area contributed by atoms with E-state index in [0.29, 0.717) is 34.5 Å². The Morgan fingerprint density at radius 1 is 0.463 bits per heavy atom. The zero-order valence-electron chi connectivity index (χ0n) is 53.7. The largest absolute Gasteiger partial charge is 0.462 e. The molecule has 8 rings (SSSR count). The van der Waals surface area contributed by atoms with Gasteiger partial charge < -0.3 is 9.47 Å². The third-order valence-corrected chi connectivity index (χ3v) is 25.2. The first-order chi connectivity index (χ1) is 38.5. The van der Waals surface area contributed by atoms with Crippen molar-refractivity contribution in [2.45, 2.75) is 325 Å². The maximum atomic E-state index is 13.0. The number of rotatable bonds is 28. The van der Waals surface area contributed by atoms with Crippen LogP contribution in [0.2, 0.25) is 0 Å². The summed E-state index contributed by atoms with van der Waals surface area (Å²) in [6.07, 6.45) is 50.7. The van der Waals surface area contributed by atoms with Crippen molar-refractivity contribution in [2.24, 2.45) is 92.7 Å². The fraction of sp³-hybridized carbons (Fsp3) is 0.868. The predicted molar refractivity (Wildman–Crippen MR) is 335 cm³/mol. The Morgan fingerprint density at radius 2 is 0.850 bits per heavy atom. The molecule has 0 aromatic rings. The van der Waals surface area contributed by atoms with Gasteiger partial charge in [-0.05, 0) is 220 Å². The summed E-state index contributed by atoms with van der Waals surface area (Å²) >= 11 is 0. The normalized spacial score (nSPS) is 35.8. The highest BCUT2D eigenvalue weighted by Crippen LogP contribution is 2.69. The van der Waals surface area contributed by atoms with Crippen LogP contribution < -0.4 is 0 Å². The molecule has 0 aliphatic heterocycles. The first-order valence-corrected chi connectivity index (χ1v) is 35.2. The van der Waals surface area contributed by atoms with Crippen LogP contribution in [0.4, 0.5) is 0 Å². The zero-order chi connectivity index (χ0) is 56.9.